The molecule has 1 aliphatic heterocycles. The highest BCUT2D eigenvalue weighted by atomic mass is 35.5. The summed E-state index contributed by atoms with van der Waals surface area (Å²) in [5, 5.41) is 3.27. The van der Waals surface area contributed by atoms with Gasteiger partial charge in [-0.25, -0.2) is 4.99 Å². The Morgan fingerprint density at radius 3 is 2.57 bits per heavy atom. The van der Waals surface area contributed by atoms with E-state index in [0.29, 0.717) is 16.4 Å². The maximum Gasteiger partial charge on any atom is 0.271 e. The summed E-state index contributed by atoms with van der Waals surface area (Å²) < 4.78 is 0. The number of hydrogen-bond donors (Lipinski definition) is 1. The number of aryl methyl sites for hydroxylation is 2. The number of halogens is 1. The summed E-state index contributed by atoms with van der Waals surface area (Å²) in [5.74, 6) is -0.339. The predicted molar refractivity (Wildman–Crippen MR) is 95.0 cm³/mol. The Kier molecular flexibility index (Phi) is 4.01. The third-order valence-electron chi connectivity index (χ3n) is 3.67. The Hall–Kier alpha value is -2.46. The molecule has 23 heavy (non-hydrogen) atoms. The van der Waals surface area contributed by atoms with Crippen LogP contribution in [0.25, 0.3) is 0 Å². The van der Waals surface area contributed by atoms with E-state index in [0.717, 1.165) is 22.3 Å². The molecule has 2 aromatic rings. The average Bonchev–Trinajstić information content (AvgIpc) is 2.63. The summed E-state index contributed by atoms with van der Waals surface area (Å²) in [6, 6.07) is 11.6. The lowest BCUT2D eigenvalue weighted by molar-refractivity contribution is -0.117. The molecule has 0 saturated heterocycles. The lowest BCUT2D eigenvalue weighted by Crippen LogP contribution is -2.23. The van der Waals surface area contributed by atoms with Gasteiger partial charge in [-0.05, 0) is 38.8 Å². The summed E-state index contributed by atoms with van der Waals surface area (Å²) >= 11 is 6.27. The maximum absolute atomic E-state index is 12.3. The van der Waals surface area contributed by atoms with Crippen LogP contribution in [-0.2, 0) is 4.79 Å². The van der Waals surface area contributed by atoms with Gasteiger partial charge in [0.1, 0.15) is 0 Å². The standard InChI is InChI=1S/C18H16ClN3O/c1-10-7-11(2)9-12(8-10)15-13-5-4-6-14(19)16(13)22-18(23)17(20-3)21-15/h4-9,17H,3H2,1-2H3,(H,22,23). The van der Waals surface area contributed by atoms with E-state index in [1.54, 1.807) is 6.07 Å². The van der Waals surface area contributed by atoms with Crippen LogP contribution in [0.4, 0.5) is 5.69 Å². The number of anilines is 1. The first kappa shape index (κ1) is 15.4. The van der Waals surface area contributed by atoms with Crippen LogP contribution in [0.15, 0.2) is 46.4 Å². The number of carbonyl (C=O) groups is 1. The molecule has 1 unspecified atom stereocenters. The normalized spacial score (nSPS) is 16.9. The number of rotatable bonds is 2. The van der Waals surface area contributed by atoms with E-state index >= 15 is 0 Å². The molecular weight excluding hydrogens is 310 g/mol. The number of carbonyl (C=O) groups excluding carboxylic acids is 1. The summed E-state index contributed by atoms with van der Waals surface area (Å²) in [4.78, 5) is 20.6. The van der Waals surface area contributed by atoms with Crippen molar-refractivity contribution in [1.29, 1.82) is 0 Å². The first-order chi connectivity index (χ1) is 11.0. The molecule has 0 aromatic heterocycles. The number of amides is 1. The zero-order valence-electron chi connectivity index (χ0n) is 12.9. The molecule has 1 amide bonds. The van der Waals surface area contributed by atoms with E-state index in [1.807, 2.05) is 38.1 Å². The van der Waals surface area contributed by atoms with Gasteiger partial charge >= 0.3 is 0 Å². The predicted octanol–water partition coefficient (Wildman–Crippen LogP) is 3.77. The van der Waals surface area contributed by atoms with Crippen molar-refractivity contribution in [3.63, 3.8) is 0 Å². The van der Waals surface area contributed by atoms with Gasteiger partial charge in [0.05, 0.1) is 16.4 Å². The van der Waals surface area contributed by atoms with E-state index in [9.17, 15) is 4.79 Å². The van der Waals surface area contributed by atoms with Crippen molar-refractivity contribution in [2.24, 2.45) is 9.98 Å². The average molecular weight is 326 g/mol. The van der Waals surface area contributed by atoms with Gasteiger partial charge in [0.25, 0.3) is 5.91 Å². The highest BCUT2D eigenvalue weighted by Gasteiger charge is 2.26. The Morgan fingerprint density at radius 2 is 1.91 bits per heavy atom. The molecule has 0 aliphatic carbocycles. The SMILES string of the molecule is C=NC1N=C(c2cc(C)cc(C)c2)c2cccc(Cl)c2NC1=O. The largest absolute Gasteiger partial charge is 0.321 e. The van der Waals surface area contributed by atoms with Crippen LogP contribution in [0, 0.1) is 13.8 Å². The molecule has 0 spiro atoms. The minimum Gasteiger partial charge on any atom is -0.321 e. The second kappa shape index (κ2) is 5.97. The lowest BCUT2D eigenvalue weighted by Gasteiger charge is -2.12. The smallest absolute Gasteiger partial charge is 0.271 e. The van der Waals surface area contributed by atoms with Crippen molar-refractivity contribution < 1.29 is 4.79 Å². The van der Waals surface area contributed by atoms with E-state index in [-0.39, 0.29) is 5.91 Å². The second-order valence-electron chi connectivity index (χ2n) is 5.56. The van der Waals surface area contributed by atoms with E-state index in [4.69, 9.17) is 11.6 Å². The summed E-state index contributed by atoms with van der Waals surface area (Å²) in [7, 11) is 0. The lowest BCUT2D eigenvalue weighted by atomic mass is 9.97. The van der Waals surface area contributed by atoms with Gasteiger partial charge in [-0.15, -0.1) is 0 Å². The highest BCUT2D eigenvalue weighted by Crippen LogP contribution is 2.31. The summed E-state index contributed by atoms with van der Waals surface area (Å²) in [6.07, 6.45) is -0.894. The molecule has 2 aromatic carbocycles. The van der Waals surface area contributed by atoms with Crippen LogP contribution in [0.5, 0.6) is 0 Å². The molecule has 1 heterocycles. The van der Waals surface area contributed by atoms with Crippen molar-refractivity contribution in [2.45, 2.75) is 20.0 Å². The first-order valence-electron chi connectivity index (χ1n) is 7.21. The monoisotopic (exact) mass is 325 g/mol. The maximum atomic E-state index is 12.3. The molecule has 4 nitrogen and oxygen atoms in total. The number of nitrogens with zero attached hydrogens (tertiary/aromatic N) is 2. The molecular formula is C18H16ClN3O. The van der Waals surface area contributed by atoms with Crippen molar-refractivity contribution >= 4 is 35.6 Å². The van der Waals surface area contributed by atoms with Gasteiger partial charge in [-0.3, -0.25) is 9.79 Å². The van der Waals surface area contributed by atoms with E-state index in [1.165, 1.54) is 0 Å². The summed E-state index contributed by atoms with van der Waals surface area (Å²) in [6.45, 7) is 7.53. The molecule has 3 rings (SSSR count). The molecule has 0 saturated carbocycles. The van der Waals surface area contributed by atoms with Crippen LogP contribution >= 0.6 is 11.6 Å². The second-order valence-corrected chi connectivity index (χ2v) is 5.97. The fraction of sp³-hybridized carbons (Fsp3) is 0.167. The third kappa shape index (κ3) is 2.90. The van der Waals surface area contributed by atoms with Gasteiger partial charge in [0.2, 0.25) is 6.17 Å². The highest BCUT2D eigenvalue weighted by molar-refractivity contribution is 6.36. The molecule has 5 heteroatoms. The number of nitrogens with one attached hydrogen (secondary N) is 1. The van der Waals surface area contributed by atoms with Gasteiger partial charge in [0, 0.05) is 11.1 Å². The molecule has 1 aliphatic rings. The van der Waals surface area contributed by atoms with E-state index < -0.39 is 6.17 Å². The Bertz CT molecular complexity index is 822. The number of para-hydroxylation sites is 1. The third-order valence-corrected chi connectivity index (χ3v) is 3.99. The van der Waals surface area contributed by atoms with Crippen LogP contribution < -0.4 is 5.32 Å². The number of aliphatic imine (C=N–C) groups is 2. The van der Waals surface area contributed by atoms with E-state index in [2.05, 4.69) is 28.1 Å². The Balaban J connectivity index is 2.29. The van der Waals surface area contributed by atoms with Crippen LogP contribution in [0.1, 0.15) is 22.3 Å². The molecule has 0 bridgehead atoms. The minimum absolute atomic E-state index is 0.339. The zero-order chi connectivity index (χ0) is 16.6. The van der Waals surface area contributed by atoms with Gasteiger partial charge in [0.15, 0.2) is 0 Å². The number of hydrogen-bond acceptors (Lipinski definition) is 3. The topological polar surface area (TPSA) is 53.8 Å². The van der Waals surface area contributed by atoms with Crippen LogP contribution in [0.2, 0.25) is 5.02 Å². The fourth-order valence-corrected chi connectivity index (χ4v) is 2.97. The van der Waals surface area contributed by atoms with Crippen molar-refractivity contribution in [3.05, 3.63) is 63.7 Å². The zero-order valence-corrected chi connectivity index (χ0v) is 13.7. The van der Waals surface area contributed by atoms with Crippen molar-refractivity contribution in [2.75, 3.05) is 5.32 Å². The number of fused-ring (bicyclic) bond motifs is 1. The minimum atomic E-state index is -0.894. The fourth-order valence-electron chi connectivity index (χ4n) is 2.75. The van der Waals surface area contributed by atoms with Gasteiger partial charge in [-0.1, -0.05) is 40.9 Å². The Morgan fingerprint density at radius 1 is 1.22 bits per heavy atom. The van der Waals surface area contributed by atoms with Crippen molar-refractivity contribution in [1.82, 2.24) is 0 Å². The molecule has 116 valence electrons. The summed E-state index contributed by atoms with van der Waals surface area (Å²) in [5.41, 5.74) is 5.20. The molecule has 1 atom stereocenters. The molecule has 0 radical (unpaired) electrons. The van der Waals surface area contributed by atoms with Gasteiger partial charge < -0.3 is 5.32 Å². The van der Waals surface area contributed by atoms with Gasteiger partial charge in [-0.2, -0.15) is 0 Å². The molecule has 0 fully saturated rings. The quantitative estimate of drug-likeness (QED) is 0.839. The Labute approximate surface area is 139 Å². The molecule has 1 N–H and O–H groups in total. The first-order valence-corrected chi connectivity index (χ1v) is 7.59. The van der Waals surface area contributed by atoms with Crippen LogP contribution in [0.3, 0.4) is 0 Å². The number of benzene rings is 2. The van der Waals surface area contributed by atoms with Crippen molar-refractivity contribution in [3.8, 4) is 0 Å². The number of benzodiazepines with no additional fused rings is 1. The van der Waals surface area contributed by atoms with Crippen LogP contribution in [-0.4, -0.2) is 24.5 Å².